The molecule has 2 aromatic heterocycles. The number of methoxy groups -OCH3 is 2. The van der Waals surface area contributed by atoms with Gasteiger partial charge in [0.25, 0.3) is 0 Å². The average Bonchev–Trinajstić information content (AvgIpc) is 3.25. The second-order valence-corrected chi connectivity index (χ2v) is 14.5. The van der Waals surface area contributed by atoms with Crippen LogP contribution in [0.25, 0.3) is 55.9 Å². The molecule has 0 unspecified atom stereocenters. The molecule has 2 heterocycles. The first-order chi connectivity index (χ1) is 27.8. The molecule has 8 rings (SSSR count). The van der Waals surface area contributed by atoms with Gasteiger partial charge in [-0.15, -0.1) is 0 Å². The molecule has 0 aliphatic heterocycles. The summed E-state index contributed by atoms with van der Waals surface area (Å²) < 4.78 is 12.1. The van der Waals surface area contributed by atoms with Crippen LogP contribution in [-0.2, 0) is 0 Å². The number of aryl methyl sites for hydroxylation is 4. The normalized spacial score (nSPS) is 11.0. The third-order valence-electron chi connectivity index (χ3n) is 10.5. The number of rotatable bonds is 10. The summed E-state index contributed by atoms with van der Waals surface area (Å²) in [6.45, 7) is 8.55. The molecule has 0 bridgehead atoms. The molecule has 5 heteroatoms. The summed E-state index contributed by atoms with van der Waals surface area (Å²) >= 11 is 0. The van der Waals surface area contributed by atoms with Crippen molar-refractivity contribution in [3.05, 3.63) is 186 Å². The van der Waals surface area contributed by atoms with Gasteiger partial charge in [-0.25, -0.2) is 0 Å². The molecule has 0 amide bonds. The fourth-order valence-corrected chi connectivity index (χ4v) is 7.68. The molecular weight excluding hydrogens is 699 g/mol. The van der Waals surface area contributed by atoms with Crippen molar-refractivity contribution in [2.24, 2.45) is 0 Å². The second-order valence-electron chi connectivity index (χ2n) is 14.5. The summed E-state index contributed by atoms with van der Waals surface area (Å²) in [4.78, 5) is 12.3. The van der Waals surface area contributed by atoms with Crippen LogP contribution < -0.4 is 14.4 Å². The molecule has 0 fully saturated rings. The summed E-state index contributed by atoms with van der Waals surface area (Å²) in [6, 6.07) is 53.1. The fourth-order valence-electron chi connectivity index (χ4n) is 7.68. The summed E-state index contributed by atoms with van der Waals surface area (Å²) in [6.07, 6.45) is 3.91. The molecule has 0 saturated carbocycles. The molecule has 0 N–H and O–H groups in total. The zero-order chi connectivity index (χ0) is 39.5. The highest BCUT2D eigenvalue weighted by atomic mass is 16.5. The molecule has 57 heavy (non-hydrogen) atoms. The highest BCUT2D eigenvalue weighted by Gasteiger charge is 2.24. The molecule has 0 atom stereocenters. The van der Waals surface area contributed by atoms with Crippen molar-refractivity contribution in [3.63, 3.8) is 0 Å². The predicted octanol–water partition coefficient (Wildman–Crippen LogP) is 13.5. The number of benzene rings is 6. The summed E-state index contributed by atoms with van der Waals surface area (Å²) in [5.74, 6) is 1.44. The summed E-state index contributed by atoms with van der Waals surface area (Å²) in [5, 5.41) is 0. The number of aromatic nitrogens is 2. The number of hydrogen-bond acceptors (Lipinski definition) is 5. The summed E-state index contributed by atoms with van der Waals surface area (Å²) in [7, 11) is 3.43. The van der Waals surface area contributed by atoms with Gasteiger partial charge in [-0.05, 0) is 115 Å². The lowest BCUT2D eigenvalue weighted by Crippen LogP contribution is -2.14. The number of nitrogens with zero attached hydrogens (tertiary/aromatic N) is 3. The summed E-state index contributed by atoms with van der Waals surface area (Å²) in [5.41, 5.74) is 17.8. The minimum Gasteiger partial charge on any atom is -0.497 e. The zero-order valence-electron chi connectivity index (χ0n) is 33.2. The molecule has 0 saturated heterocycles. The van der Waals surface area contributed by atoms with Gasteiger partial charge in [0.2, 0.25) is 0 Å². The SMILES string of the molecule is COc1cc(-c2cc(-c3ccccc3)c(C)cn2)cc(N(c2cc(OC)cc(-c3cc(-c4ccccc4)c(C)cn3)c2)c2c(C)cc(C)cc2-c2ccccc2)c1. The van der Waals surface area contributed by atoms with Crippen molar-refractivity contribution in [2.45, 2.75) is 27.7 Å². The van der Waals surface area contributed by atoms with E-state index in [0.29, 0.717) is 0 Å². The van der Waals surface area contributed by atoms with Gasteiger partial charge in [0.1, 0.15) is 11.5 Å². The molecule has 6 aromatic carbocycles. The fraction of sp³-hybridized carbons (Fsp3) is 0.115. The van der Waals surface area contributed by atoms with Crippen molar-refractivity contribution in [3.8, 4) is 67.4 Å². The van der Waals surface area contributed by atoms with Crippen LogP contribution in [0.15, 0.2) is 164 Å². The largest absolute Gasteiger partial charge is 0.497 e. The molecule has 0 aliphatic rings. The molecular formula is C52H45N3O2. The van der Waals surface area contributed by atoms with Crippen LogP contribution in [0.5, 0.6) is 11.5 Å². The van der Waals surface area contributed by atoms with Crippen LogP contribution in [-0.4, -0.2) is 24.2 Å². The number of hydrogen-bond donors (Lipinski definition) is 0. The lowest BCUT2D eigenvalue weighted by Gasteiger charge is -2.31. The van der Waals surface area contributed by atoms with E-state index in [4.69, 9.17) is 19.4 Å². The first-order valence-corrected chi connectivity index (χ1v) is 19.2. The van der Waals surface area contributed by atoms with Gasteiger partial charge in [-0.2, -0.15) is 0 Å². The van der Waals surface area contributed by atoms with Crippen molar-refractivity contribution in [1.29, 1.82) is 0 Å². The van der Waals surface area contributed by atoms with Gasteiger partial charge < -0.3 is 14.4 Å². The number of pyridine rings is 2. The van der Waals surface area contributed by atoms with Crippen LogP contribution in [0.3, 0.4) is 0 Å². The van der Waals surface area contributed by atoms with Gasteiger partial charge in [0.05, 0.1) is 42.7 Å². The average molecular weight is 744 g/mol. The molecule has 280 valence electrons. The van der Waals surface area contributed by atoms with E-state index in [1.165, 1.54) is 5.56 Å². The van der Waals surface area contributed by atoms with Gasteiger partial charge in [0.15, 0.2) is 0 Å². The van der Waals surface area contributed by atoms with Crippen molar-refractivity contribution in [1.82, 2.24) is 9.97 Å². The Morgan fingerprint density at radius 2 is 0.825 bits per heavy atom. The Hall–Kier alpha value is -6.98. The first-order valence-electron chi connectivity index (χ1n) is 19.2. The van der Waals surface area contributed by atoms with Crippen LogP contribution >= 0.6 is 0 Å². The second kappa shape index (κ2) is 16.0. The van der Waals surface area contributed by atoms with Gasteiger partial charge in [0, 0.05) is 41.2 Å². The monoisotopic (exact) mass is 743 g/mol. The van der Waals surface area contributed by atoms with Crippen LogP contribution in [0.2, 0.25) is 0 Å². The highest BCUT2D eigenvalue weighted by Crippen LogP contribution is 2.47. The lowest BCUT2D eigenvalue weighted by molar-refractivity contribution is 0.415. The molecule has 0 aliphatic carbocycles. The Morgan fingerprint density at radius 1 is 0.404 bits per heavy atom. The zero-order valence-corrected chi connectivity index (χ0v) is 33.2. The van der Waals surface area contributed by atoms with Crippen molar-refractivity contribution >= 4 is 17.1 Å². The lowest BCUT2D eigenvalue weighted by atomic mass is 9.95. The smallest absolute Gasteiger partial charge is 0.121 e. The molecule has 5 nitrogen and oxygen atoms in total. The molecule has 0 radical (unpaired) electrons. The van der Waals surface area contributed by atoms with E-state index in [0.717, 1.165) is 101 Å². The number of ether oxygens (including phenoxy) is 2. The quantitative estimate of drug-likeness (QED) is 0.140. The topological polar surface area (TPSA) is 47.5 Å². The number of anilines is 3. The Balaban J connectivity index is 1.38. The van der Waals surface area contributed by atoms with Crippen molar-refractivity contribution < 1.29 is 9.47 Å². The Bertz CT molecular complexity index is 2550. The van der Waals surface area contributed by atoms with E-state index in [9.17, 15) is 0 Å². The van der Waals surface area contributed by atoms with Gasteiger partial charge in [-0.3, -0.25) is 9.97 Å². The predicted molar refractivity (Wildman–Crippen MR) is 236 cm³/mol. The Labute approximate surface area is 335 Å². The first kappa shape index (κ1) is 37.0. The van der Waals surface area contributed by atoms with Crippen LogP contribution in [0, 0.1) is 27.7 Å². The van der Waals surface area contributed by atoms with Crippen LogP contribution in [0.1, 0.15) is 22.3 Å². The van der Waals surface area contributed by atoms with Crippen molar-refractivity contribution in [2.75, 3.05) is 19.1 Å². The standard InChI is InChI=1S/C52H45N3O2/c1-34-22-35(2)52(49(23-34)40-20-14-9-15-21-40)55(43-24-41(26-45(28-43)56-5)50-30-47(36(3)32-53-50)38-16-10-7-11-17-38)44-25-42(27-46(29-44)57-6)51-31-48(37(4)33-54-51)39-18-12-8-13-19-39/h7-33H,1-6H3. The third kappa shape index (κ3) is 7.65. The maximum Gasteiger partial charge on any atom is 0.121 e. The van der Waals surface area contributed by atoms with Crippen LogP contribution in [0.4, 0.5) is 17.1 Å². The van der Waals surface area contributed by atoms with E-state index in [2.05, 4.69) is 172 Å². The van der Waals surface area contributed by atoms with Gasteiger partial charge in [-0.1, -0.05) is 103 Å². The van der Waals surface area contributed by atoms with Gasteiger partial charge >= 0.3 is 0 Å². The van der Waals surface area contributed by atoms with E-state index < -0.39 is 0 Å². The minimum absolute atomic E-state index is 0.720. The van der Waals surface area contributed by atoms with E-state index in [-0.39, 0.29) is 0 Å². The Morgan fingerprint density at radius 3 is 1.25 bits per heavy atom. The highest BCUT2D eigenvalue weighted by molar-refractivity contribution is 5.93. The Kier molecular flexibility index (Phi) is 10.4. The third-order valence-corrected chi connectivity index (χ3v) is 10.5. The van der Waals surface area contributed by atoms with E-state index >= 15 is 0 Å². The van der Waals surface area contributed by atoms with E-state index in [1.807, 2.05) is 24.5 Å². The molecule has 0 spiro atoms. The minimum atomic E-state index is 0.720. The van der Waals surface area contributed by atoms with E-state index in [1.54, 1.807) is 14.2 Å². The maximum atomic E-state index is 6.06. The maximum absolute atomic E-state index is 6.06. The molecule has 8 aromatic rings.